The fraction of sp³-hybridized carbons (Fsp3) is 0.438. The number of methoxy groups -OCH3 is 1. The van der Waals surface area contributed by atoms with E-state index in [1.165, 1.54) is 6.07 Å². The largest absolute Gasteiger partial charge is 0.496 e. The van der Waals surface area contributed by atoms with E-state index >= 15 is 0 Å². The summed E-state index contributed by atoms with van der Waals surface area (Å²) in [6.45, 7) is 4.07. The Hall–Kier alpha value is -1.23. The molecule has 0 aliphatic carbocycles. The predicted molar refractivity (Wildman–Crippen MR) is 90.5 cm³/mol. The molecule has 0 atom stereocenters. The molecule has 0 amide bonds. The number of hydrogen-bond acceptors (Lipinski definition) is 4. The molecule has 2 rings (SSSR count). The van der Waals surface area contributed by atoms with Gasteiger partial charge in [-0.15, -0.1) is 23.2 Å². The van der Waals surface area contributed by atoms with Crippen LogP contribution < -0.4 is 10.4 Å². The van der Waals surface area contributed by atoms with Crippen molar-refractivity contribution in [1.29, 1.82) is 0 Å². The van der Waals surface area contributed by atoms with E-state index in [0.717, 1.165) is 29.6 Å². The lowest BCUT2D eigenvalue weighted by atomic mass is 10.1. The quantitative estimate of drug-likeness (QED) is 0.570. The lowest BCUT2D eigenvalue weighted by Crippen LogP contribution is -2.27. The van der Waals surface area contributed by atoms with E-state index in [1.54, 1.807) is 13.2 Å². The Labute approximate surface area is 139 Å². The fourth-order valence-corrected chi connectivity index (χ4v) is 2.93. The van der Waals surface area contributed by atoms with Gasteiger partial charge >= 0.3 is 5.63 Å². The molecule has 0 bridgehead atoms. The molecule has 2 aromatic rings. The van der Waals surface area contributed by atoms with Crippen molar-refractivity contribution in [1.82, 2.24) is 4.90 Å². The van der Waals surface area contributed by atoms with Crippen LogP contribution in [0.15, 0.2) is 27.4 Å². The summed E-state index contributed by atoms with van der Waals surface area (Å²) in [6.07, 6.45) is 0. The van der Waals surface area contributed by atoms with E-state index in [4.69, 9.17) is 32.4 Å². The summed E-state index contributed by atoms with van der Waals surface area (Å²) < 4.78 is 10.7. The number of rotatable bonds is 7. The van der Waals surface area contributed by atoms with Gasteiger partial charge < -0.3 is 9.15 Å². The maximum Gasteiger partial charge on any atom is 0.336 e. The van der Waals surface area contributed by atoms with Crippen LogP contribution in [0.5, 0.6) is 5.75 Å². The van der Waals surface area contributed by atoms with Crippen molar-refractivity contribution in [2.24, 2.45) is 0 Å². The third-order valence-corrected chi connectivity index (χ3v) is 3.89. The minimum atomic E-state index is -0.356. The highest BCUT2D eigenvalue weighted by molar-refractivity contribution is 6.18. The zero-order valence-electron chi connectivity index (χ0n) is 12.7. The Morgan fingerprint density at radius 3 is 2.45 bits per heavy atom. The highest BCUT2D eigenvalue weighted by Crippen LogP contribution is 2.28. The average Bonchev–Trinajstić information content (AvgIpc) is 2.47. The second-order valence-corrected chi connectivity index (χ2v) is 5.82. The second-order valence-electron chi connectivity index (χ2n) is 5.06. The molecule has 0 unspecified atom stereocenters. The van der Waals surface area contributed by atoms with Crippen molar-refractivity contribution in [3.63, 3.8) is 0 Å². The second kappa shape index (κ2) is 7.86. The summed E-state index contributed by atoms with van der Waals surface area (Å²) in [4.78, 5) is 13.7. The Morgan fingerprint density at radius 2 is 1.86 bits per heavy atom. The van der Waals surface area contributed by atoms with Crippen molar-refractivity contribution in [2.45, 2.75) is 13.5 Å². The first-order chi connectivity index (χ1) is 10.6. The maximum absolute atomic E-state index is 11.5. The number of alkyl halides is 2. The molecule has 1 aromatic heterocycles. The molecule has 120 valence electrons. The van der Waals surface area contributed by atoms with Crippen LogP contribution in [0, 0.1) is 6.92 Å². The SMILES string of the molecule is COc1cc2oc(=O)cc(C)c2cc1CN(CCCl)CCCl. The van der Waals surface area contributed by atoms with Gasteiger partial charge in [0, 0.05) is 54.5 Å². The molecule has 4 nitrogen and oxygen atoms in total. The molecule has 0 aliphatic rings. The first kappa shape index (κ1) is 17.1. The fourth-order valence-electron chi connectivity index (χ4n) is 2.45. The monoisotopic (exact) mass is 343 g/mol. The molecule has 0 spiro atoms. The molecule has 0 fully saturated rings. The van der Waals surface area contributed by atoms with Crippen molar-refractivity contribution in [2.75, 3.05) is 32.0 Å². The van der Waals surface area contributed by atoms with Crippen LogP contribution in [0.3, 0.4) is 0 Å². The number of benzene rings is 1. The van der Waals surface area contributed by atoms with Crippen LogP contribution in [0.2, 0.25) is 0 Å². The number of ether oxygens (including phenoxy) is 1. The molecule has 0 N–H and O–H groups in total. The standard InChI is InChI=1S/C16H19Cl2NO3/c1-11-7-16(20)22-15-9-14(21-2)12(8-13(11)15)10-19(5-3-17)6-4-18/h7-9H,3-6,10H2,1-2H3. The van der Waals surface area contributed by atoms with E-state index in [0.29, 0.717) is 29.6 Å². The van der Waals surface area contributed by atoms with Crippen molar-refractivity contribution < 1.29 is 9.15 Å². The summed E-state index contributed by atoms with van der Waals surface area (Å²) in [5.74, 6) is 1.77. The zero-order chi connectivity index (χ0) is 16.1. The van der Waals surface area contributed by atoms with E-state index in [9.17, 15) is 4.79 Å². The van der Waals surface area contributed by atoms with Gasteiger partial charge in [-0.2, -0.15) is 0 Å². The van der Waals surface area contributed by atoms with E-state index in [-0.39, 0.29) is 5.63 Å². The van der Waals surface area contributed by atoms with E-state index in [1.807, 2.05) is 13.0 Å². The zero-order valence-corrected chi connectivity index (χ0v) is 14.2. The highest BCUT2D eigenvalue weighted by Gasteiger charge is 2.13. The van der Waals surface area contributed by atoms with Crippen LogP contribution in [-0.2, 0) is 6.54 Å². The molecule has 1 heterocycles. The molecule has 0 saturated carbocycles. The van der Waals surface area contributed by atoms with Gasteiger partial charge in [0.05, 0.1) is 7.11 Å². The number of aryl methyl sites for hydroxylation is 1. The Bertz CT molecular complexity index is 694. The Balaban J connectivity index is 2.45. The minimum Gasteiger partial charge on any atom is -0.496 e. The van der Waals surface area contributed by atoms with Crippen molar-refractivity contribution in [3.05, 3.63) is 39.7 Å². The predicted octanol–water partition coefficient (Wildman–Crippen LogP) is 3.39. The third-order valence-electron chi connectivity index (χ3n) is 3.55. The van der Waals surface area contributed by atoms with Gasteiger partial charge in [0.15, 0.2) is 0 Å². The van der Waals surface area contributed by atoms with Gasteiger partial charge in [0.25, 0.3) is 0 Å². The summed E-state index contributed by atoms with van der Waals surface area (Å²) in [7, 11) is 1.60. The van der Waals surface area contributed by atoms with E-state index < -0.39 is 0 Å². The molecule has 0 aliphatic heterocycles. The summed E-state index contributed by atoms with van der Waals surface area (Å²) in [5.41, 5.74) is 2.08. The third kappa shape index (κ3) is 3.94. The smallest absolute Gasteiger partial charge is 0.336 e. The van der Waals surface area contributed by atoms with E-state index in [2.05, 4.69) is 4.90 Å². The number of fused-ring (bicyclic) bond motifs is 1. The van der Waals surface area contributed by atoms with Gasteiger partial charge in [-0.3, -0.25) is 4.90 Å². The van der Waals surface area contributed by atoms with Crippen LogP contribution in [0.25, 0.3) is 11.0 Å². The topological polar surface area (TPSA) is 42.7 Å². The molecule has 22 heavy (non-hydrogen) atoms. The summed E-state index contributed by atoms with van der Waals surface area (Å²) in [6, 6.07) is 5.26. The van der Waals surface area contributed by atoms with Gasteiger partial charge in [-0.1, -0.05) is 0 Å². The first-order valence-electron chi connectivity index (χ1n) is 7.04. The van der Waals surface area contributed by atoms with Gasteiger partial charge in [0.1, 0.15) is 11.3 Å². The molecular formula is C16H19Cl2NO3. The summed E-state index contributed by atoms with van der Waals surface area (Å²) >= 11 is 11.7. The van der Waals surface area contributed by atoms with Crippen molar-refractivity contribution >= 4 is 34.2 Å². The number of hydrogen-bond donors (Lipinski definition) is 0. The molecular weight excluding hydrogens is 325 g/mol. The minimum absolute atomic E-state index is 0.356. The lowest BCUT2D eigenvalue weighted by Gasteiger charge is -2.21. The first-order valence-corrected chi connectivity index (χ1v) is 8.11. The molecule has 0 radical (unpaired) electrons. The Morgan fingerprint density at radius 1 is 1.18 bits per heavy atom. The normalized spacial score (nSPS) is 11.3. The summed E-state index contributed by atoms with van der Waals surface area (Å²) in [5, 5.41) is 0.909. The molecule has 6 heteroatoms. The molecule has 1 aromatic carbocycles. The van der Waals surface area contributed by atoms with Gasteiger partial charge in [-0.25, -0.2) is 4.79 Å². The van der Waals surface area contributed by atoms with Crippen molar-refractivity contribution in [3.8, 4) is 5.75 Å². The van der Waals surface area contributed by atoms with Crippen LogP contribution in [0.1, 0.15) is 11.1 Å². The highest BCUT2D eigenvalue weighted by atomic mass is 35.5. The molecule has 0 saturated heterocycles. The van der Waals surface area contributed by atoms with Crippen LogP contribution in [0.4, 0.5) is 0 Å². The average molecular weight is 344 g/mol. The van der Waals surface area contributed by atoms with Gasteiger partial charge in [0.2, 0.25) is 0 Å². The Kier molecular flexibility index (Phi) is 6.12. The number of halogens is 2. The number of nitrogens with zero attached hydrogens (tertiary/aromatic N) is 1. The maximum atomic E-state index is 11.5. The van der Waals surface area contributed by atoms with Crippen LogP contribution in [-0.4, -0.2) is 36.9 Å². The lowest BCUT2D eigenvalue weighted by molar-refractivity contribution is 0.292. The van der Waals surface area contributed by atoms with Gasteiger partial charge in [-0.05, 0) is 18.6 Å². The van der Waals surface area contributed by atoms with Crippen LogP contribution >= 0.6 is 23.2 Å².